The number of nitrogens with zero attached hydrogens (tertiary/aromatic N) is 2. The smallest absolute Gasteiger partial charge is 0.277 e. The first kappa shape index (κ1) is 19.7. The summed E-state index contributed by atoms with van der Waals surface area (Å²) in [6.45, 7) is 3.94. The third-order valence-electron chi connectivity index (χ3n) is 3.04. The maximum Gasteiger partial charge on any atom is 0.277 e. The Morgan fingerprint density at radius 2 is 1.96 bits per heavy atom. The van der Waals surface area contributed by atoms with Gasteiger partial charge in [0.2, 0.25) is 11.8 Å². The molecule has 0 unspecified atom stereocenters. The quantitative estimate of drug-likeness (QED) is 0.636. The normalized spacial score (nSPS) is 11.7. The minimum atomic E-state index is -0.533. The van der Waals surface area contributed by atoms with Crippen LogP contribution in [0.5, 0.6) is 5.75 Å². The number of likely N-dealkylation sites (N-methyl/N-ethyl adjacent to an activating group) is 1. The molecule has 2 amide bonds. The Morgan fingerprint density at radius 1 is 1.23 bits per heavy atom. The Hall–Kier alpha value is -2.62. The molecule has 0 saturated heterocycles. The van der Waals surface area contributed by atoms with Gasteiger partial charge in [-0.1, -0.05) is 11.8 Å². The van der Waals surface area contributed by atoms with Crippen molar-refractivity contribution in [2.45, 2.75) is 25.2 Å². The van der Waals surface area contributed by atoms with E-state index in [2.05, 4.69) is 20.8 Å². The molecule has 0 bridgehead atoms. The van der Waals surface area contributed by atoms with E-state index in [0.29, 0.717) is 12.3 Å². The van der Waals surface area contributed by atoms with Gasteiger partial charge in [-0.05, 0) is 38.1 Å². The van der Waals surface area contributed by atoms with Gasteiger partial charge in [-0.2, -0.15) is 0 Å². The van der Waals surface area contributed by atoms with E-state index in [0.717, 1.165) is 11.8 Å². The number of nitrogens with one attached hydrogen (secondary N) is 2. The molecular weight excluding hydrogens is 363 g/mol. The van der Waals surface area contributed by atoms with Crippen LogP contribution in [0.25, 0.3) is 0 Å². The molecule has 0 fully saturated rings. The van der Waals surface area contributed by atoms with Crippen molar-refractivity contribution >= 4 is 23.6 Å². The fraction of sp³-hybridized carbons (Fsp3) is 0.375. The Balaban J connectivity index is 1.78. The van der Waals surface area contributed by atoms with Gasteiger partial charge in [-0.25, -0.2) is 4.39 Å². The van der Waals surface area contributed by atoms with Crippen LogP contribution in [-0.4, -0.2) is 40.9 Å². The molecule has 0 aliphatic heterocycles. The number of rotatable bonds is 9. The predicted octanol–water partition coefficient (Wildman–Crippen LogP) is 1.69. The molecule has 0 spiro atoms. The summed E-state index contributed by atoms with van der Waals surface area (Å²) in [4.78, 5) is 22.9. The molecule has 2 N–H and O–H groups in total. The summed E-state index contributed by atoms with van der Waals surface area (Å²) in [5.41, 5.74) is 0. The molecule has 140 valence electrons. The number of carbonyl (C=O) groups excluding carboxylic acids is 2. The number of hydrogen-bond donors (Lipinski definition) is 2. The van der Waals surface area contributed by atoms with Crippen LogP contribution in [0.3, 0.4) is 0 Å². The molecule has 1 heterocycles. The summed E-state index contributed by atoms with van der Waals surface area (Å²) in [5, 5.41) is 13.0. The van der Waals surface area contributed by atoms with Crippen LogP contribution in [0.15, 0.2) is 33.9 Å². The molecule has 26 heavy (non-hydrogen) atoms. The number of halogens is 1. The minimum Gasteiger partial charge on any atom is -0.481 e. The van der Waals surface area contributed by atoms with Crippen LogP contribution in [0.1, 0.15) is 25.8 Å². The first-order chi connectivity index (χ1) is 12.5. The van der Waals surface area contributed by atoms with Crippen LogP contribution >= 0.6 is 11.8 Å². The second-order valence-corrected chi connectivity index (χ2v) is 6.07. The van der Waals surface area contributed by atoms with Crippen LogP contribution in [0.2, 0.25) is 0 Å². The van der Waals surface area contributed by atoms with Gasteiger partial charge >= 0.3 is 0 Å². The molecule has 0 aliphatic carbocycles. The van der Waals surface area contributed by atoms with Crippen molar-refractivity contribution in [3.05, 3.63) is 36.0 Å². The highest BCUT2D eigenvalue weighted by Crippen LogP contribution is 2.23. The van der Waals surface area contributed by atoms with Gasteiger partial charge in [-0.15, -0.1) is 10.2 Å². The number of amides is 2. The highest BCUT2D eigenvalue weighted by atomic mass is 32.2. The van der Waals surface area contributed by atoms with Crippen molar-refractivity contribution in [3.8, 4) is 5.75 Å². The number of benzene rings is 1. The lowest BCUT2D eigenvalue weighted by molar-refractivity contribution is -0.124. The highest BCUT2D eigenvalue weighted by Gasteiger charge is 2.17. The fourth-order valence-corrected chi connectivity index (χ4v) is 2.43. The SMILES string of the molecule is CCNC(=O)CNC(=O)CSc1nnc([C@H](C)Oc2ccc(F)cc2)o1. The Bertz CT molecular complexity index is 738. The molecule has 1 atom stereocenters. The van der Waals surface area contributed by atoms with Gasteiger partial charge in [0.25, 0.3) is 11.1 Å². The second-order valence-electron chi connectivity index (χ2n) is 5.14. The molecule has 1 aromatic heterocycles. The summed E-state index contributed by atoms with van der Waals surface area (Å²) in [6, 6.07) is 5.57. The largest absolute Gasteiger partial charge is 0.481 e. The van der Waals surface area contributed by atoms with Gasteiger partial charge in [0.15, 0.2) is 6.10 Å². The maximum atomic E-state index is 12.9. The van der Waals surface area contributed by atoms with Gasteiger partial charge in [0.05, 0.1) is 12.3 Å². The van der Waals surface area contributed by atoms with Crippen LogP contribution in [0, 0.1) is 5.82 Å². The van der Waals surface area contributed by atoms with Crippen molar-refractivity contribution in [1.29, 1.82) is 0 Å². The van der Waals surface area contributed by atoms with Gasteiger partial charge in [0.1, 0.15) is 11.6 Å². The monoisotopic (exact) mass is 382 g/mol. The fourth-order valence-electron chi connectivity index (χ4n) is 1.83. The standard InChI is InChI=1S/C16H19FN4O4S/c1-3-18-13(22)8-19-14(23)9-26-16-21-20-15(25-16)10(2)24-12-6-4-11(17)5-7-12/h4-7,10H,3,8-9H2,1-2H3,(H,18,22)(H,19,23)/t10-/m0/s1. The topological polar surface area (TPSA) is 106 Å². The van der Waals surface area contributed by atoms with E-state index in [9.17, 15) is 14.0 Å². The van der Waals surface area contributed by atoms with Crippen molar-refractivity contribution in [2.75, 3.05) is 18.8 Å². The number of aromatic nitrogens is 2. The van der Waals surface area contributed by atoms with E-state index < -0.39 is 6.10 Å². The van der Waals surface area contributed by atoms with Crippen LogP contribution in [0.4, 0.5) is 4.39 Å². The summed E-state index contributed by atoms with van der Waals surface area (Å²) in [7, 11) is 0. The van der Waals surface area contributed by atoms with Gasteiger partial charge < -0.3 is 19.8 Å². The lowest BCUT2D eigenvalue weighted by Gasteiger charge is -2.10. The zero-order chi connectivity index (χ0) is 18.9. The average Bonchev–Trinajstić information content (AvgIpc) is 3.09. The van der Waals surface area contributed by atoms with Crippen molar-refractivity contribution < 1.29 is 23.1 Å². The van der Waals surface area contributed by atoms with Crippen LogP contribution < -0.4 is 15.4 Å². The predicted molar refractivity (Wildman–Crippen MR) is 92.2 cm³/mol. The molecule has 2 rings (SSSR count). The van der Waals surface area contributed by atoms with E-state index in [4.69, 9.17) is 9.15 Å². The first-order valence-corrected chi connectivity index (χ1v) is 8.88. The summed E-state index contributed by atoms with van der Waals surface area (Å²) < 4.78 is 23.9. The number of ether oxygens (including phenoxy) is 1. The van der Waals surface area contributed by atoms with E-state index in [1.165, 1.54) is 24.3 Å². The summed E-state index contributed by atoms with van der Waals surface area (Å²) in [6.07, 6.45) is -0.533. The molecule has 0 radical (unpaired) electrons. The van der Waals surface area contributed by atoms with Crippen molar-refractivity contribution in [1.82, 2.24) is 20.8 Å². The Kier molecular flexibility index (Phi) is 7.39. The van der Waals surface area contributed by atoms with E-state index >= 15 is 0 Å². The molecular formula is C16H19FN4O4S. The van der Waals surface area contributed by atoms with Gasteiger partial charge in [0, 0.05) is 6.54 Å². The lowest BCUT2D eigenvalue weighted by atomic mass is 10.3. The number of hydrogen-bond acceptors (Lipinski definition) is 7. The molecule has 0 saturated carbocycles. The molecule has 2 aromatic rings. The molecule has 10 heteroatoms. The van der Waals surface area contributed by atoms with Crippen molar-refractivity contribution in [2.24, 2.45) is 0 Å². The zero-order valence-electron chi connectivity index (χ0n) is 14.3. The second kappa shape index (κ2) is 9.76. The maximum absolute atomic E-state index is 12.9. The molecule has 1 aromatic carbocycles. The summed E-state index contributed by atoms with van der Waals surface area (Å²) >= 11 is 1.05. The van der Waals surface area contributed by atoms with E-state index in [1.807, 2.05) is 0 Å². The molecule has 8 nitrogen and oxygen atoms in total. The third-order valence-corrected chi connectivity index (χ3v) is 3.86. The Labute approximate surface area is 153 Å². The lowest BCUT2D eigenvalue weighted by Crippen LogP contribution is -2.37. The van der Waals surface area contributed by atoms with E-state index in [1.54, 1.807) is 13.8 Å². The summed E-state index contributed by atoms with van der Waals surface area (Å²) in [5.74, 6) is -0.189. The van der Waals surface area contributed by atoms with Crippen molar-refractivity contribution in [3.63, 3.8) is 0 Å². The average molecular weight is 382 g/mol. The minimum absolute atomic E-state index is 0.0360. The highest BCUT2D eigenvalue weighted by molar-refractivity contribution is 7.99. The molecule has 0 aliphatic rings. The zero-order valence-corrected chi connectivity index (χ0v) is 15.1. The van der Waals surface area contributed by atoms with Crippen LogP contribution in [-0.2, 0) is 9.59 Å². The van der Waals surface area contributed by atoms with Gasteiger partial charge in [-0.3, -0.25) is 9.59 Å². The van der Waals surface area contributed by atoms with E-state index in [-0.39, 0.29) is 41.0 Å². The number of carbonyl (C=O) groups is 2. The third kappa shape index (κ3) is 6.36. The number of thioether (sulfide) groups is 1. The Morgan fingerprint density at radius 3 is 2.65 bits per heavy atom. The first-order valence-electron chi connectivity index (χ1n) is 7.89.